The number of rotatable bonds is 5. The second kappa shape index (κ2) is 14.4. The molecule has 0 N–H and O–H groups in total. The molecule has 13 aromatic carbocycles. The number of nitrogens with zero attached hydrogens (tertiary/aromatic N) is 4. The van der Waals surface area contributed by atoms with Gasteiger partial charge in [0.25, 0.3) is 0 Å². The minimum atomic E-state index is 0.667. The predicted octanol–water partition coefficient (Wildman–Crippen LogP) is 17.9. The van der Waals surface area contributed by atoms with E-state index in [0.29, 0.717) is 11.3 Å². The fourth-order valence-electron chi connectivity index (χ4n) is 12.3. The summed E-state index contributed by atoms with van der Waals surface area (Å²) in [6.07, 6.45) is 0. The lowest BCUT2D eigenvalue weighted by Crippen LogP contribution is -1.94. The zero-order valence-corrected chi connectivity index (χ0v) is 37.6. The smallest absolute Gasteiger partial charge is 0.195 e. The van der Waals surface area contributed by atoms with Crippen molar-refractivity contribution in [2.24, 2.45) is 0 Å². The number of fused-ring (bicyclic) bond motifs is 3. The Hall–Kier alpha value is -9.74. The maximum atomic E-state index is 10.3. The molecule has 2 heterocycles. The van der Waals surface area contributed by atoms with Crippen LogP contribution in [-0.2, 0) is 0 Å². The summed E-state index contributed by atoms with van der Waals surface area (Å²) in [6.45, 7) is 8.11. The van der Waals surface area contributed by atoms with Crippen LogP contribution in [0.15, 0.2) is 218 Å². The Morgan fingerprint density at radius 2 is 0.671 bits per heavy atom. The van der Waals surface area contributed by atoms with E-state index in [9.17, 15) is 5.26 Å². The van der Waals surface area contributed by atoms with Gasteiger partial charge in [-0.3, -0.25) is 0 Å². The Kier molecular flexibility index (Phi) is 7.88. The first-order chi connectivity index (χ1) is 34.7. The molecule has 0 bridgehead atoms. The van der Waals surface area contributed by atoms with Gasteiger partial charge in [0.1, 0.15) is 0 Å². The zero-order valence-electron chi connectivity index (χ0n) is 37.6. The Morgan fingerprint density at radius 1 is 0.314 bits per heavy atom. The van der Waals surface area contributed by atoms with Gasteiger partial charge in [0.15, 0.2) is 5.69 Å². The monoisotopic (exact) mass is 884 g/mol. The first kappa shape index (κ1) is 38.4. The topological polar surface area (TPSA) is 38.0 Å². The molecule has 2 aromatic heterocycles. The maximum Gasteiger partial charge on any atom is 0.195 e. The summed E-state index contributed by atoms with van der Waals surface area (Å²) in [5.74, 6) is 0. The molecule has 4 nitrogen and oxygen atoms in total. The van der Waals surface area contributed by atoms with Gasteiger partial charge in [-0.15, -0.1) is 0 Å². The number of nitriles is 1. The number of hydrogen-bond acceptors (Lipinski definition) is 1. The van der Waals surface area contributed by atoms with Crippen molar-refractivity contribution in [1.29, 1.82) is 5.26 Å². The van der Waals surface area contributed by atoms with E-state index < -0.39 is 0 Å². The molecule has 0 amide bonds. The van der Waals surface area contributed by atoms with Gasteiger partial charge in [-0.25, -0.2) is 4.85 Å². The molecule has 70 heavy (non-hydrogen) atoms. The fourth-order valence-corrected chi connectivity index (χ4v) is 12.3. The SMILES string of the molecule is [C-]#[N+]c1ccc2c3c1ccc1c(-c4c5ccccc5c(-c5ccc(-c6ccc7c8c6ccc6c(C#N)ccc(c68)n7-c6ccccc6)c6ccccc56)c5ccccc45)ccc(c13)n2-c1ccccc1. The van der Waals surface area contributed by atoms with Crippen molar-refractivity contribution >= 4 is 103 Å². The van der Waals surface area contributed by atoms with Gasteiger partial charge >= 0.3 is 0 Å². The van der Waals surface area contributed by atoms with Gasteiger partial charge in [0, 0.05) is 38.3 Å². The second-order valence-electron chi connectivity index (χ2n) is 18.4. The summed E-state index contributed by atoms with van der Waals surface area (Å²) < 4.78 is 4.69. The predicted molar refractivity (Wildman–Crippen MR) is 292 cm³/mol. The highest BCUT2D eigenvalue weighted by atomic mass is 15.0. The molecule has 0 saturated heterocycles. The summed E-state index contributed by atoms with van der Waals surface area (Å²) in [5.41, 5.74) is 15.1. The highest BCUT2D eigenvalue weighted by molar-refractivity contribution is 6.33. The highest BCUT2D eigenvalue weighted by Gasteiger charge is 2.25. The van der Waals surface area contributed by atoms with Gasteiger partial charge in [-0.05, 0) is 136 Å². The Labute approximate surface area is 401 Å². The third-order valence-corrected chi connectivity index (χ3v) is 15.1. The summed E-state index contributed by atoms with van der Waals surface area (Å²) in [6, 6.07) is 81.0. The molecule has 0 atom stereocenters. The largest absolute Gasteiger partial charge is 0.309 e. The van der Waals surface area contributed by atoms with Crippen LogP contribution in [0.2, 0.25) is 0 Å². The van der Waals surface area contributed by atoms with Crippen LogP contribution in [0, 0.1) is 17.9 Å². The first-order valence-electron chi connectivity index (χ1n) is 23.7. The number of aromatic nitrogens is 2. The molecular formula is C66H36N4. The molecular weight excluding hydrogens is 849 g/mol. The molecule has 0 radical (unpaired) electrons. The highest BCUT2D eigenvalue weighted by Crippen LogP contribution is 2.51. The summed E-state index contributed by atoms with van der Waals surface area (Å²) in [4.78, 5) is 3.98. The molecule has 0 aliphatic rings. The van der Waals surface area contributed by atoms with E-state index in [2.05, 4.69) is 226 Å². The van der Waals surface area contributed by atoms with Gasteiger partial charge < -0.3 is 9.13 Å². The third kappa shape index (κ3) is 5.06. The van der Waals surface area contributed by atoms with Crippen molar-refractivity contribution in [2.75, 3.05) is 0 Å². The Morgan fingerprint density at radius 3 is 1.21 bits per heavy atom. The van der Waals surface area contributed by atoms with E-state index >= 15 is 0 Å². The Balaban J connectivity index is 0.980. The molecule has 0 spiro atoms. The molecule has 0 fully saturated rings. The average Bonchev–Trinajstić information content (AvgIpc) is 3.96. The summed E-state index contributed by atoms with van der Waals surface area (Å²) in [7, 11) is 0. The minimum Gasteiger partial charge on any atom is -0.309 e. The van der Waals surface area contributed by atoms with Crippen LogP contribution in [0.1, 0.15) is 5.56 Å². The molecule has 0 aliphatic carbocycles. The summed E-state index contributed by atoms with van der Waals surface area (Å²) in [5, 5.41) is 26.3. The van der Waals surface area contributed by atoms with Crippen molar-refractivity contribution < 1.29 is 0 Å². The lowest BCUT2D eigenvalue weighted by Gasteiger charge is -2.21. The van der Waals surface area contributed by atoms with Crippen LogP contribution in [-0.4, -0.2) is 9.13 Å². The van der Waals surface area contributed by atoms with Crippen LogP contribution in [0.3, 0.4) is 0 Å². The Bertz CT molecular complexity index is 4710. The quantitative estimate of drug-likeness (QED) is 0.0964. The van der Waals surface area contributed by atoms with Crippen LogP contribution in [0.4, 0.5) is 5.69 Å². The van der Waals surface area contributed by atoms with Crippen LogP contribution >= 0.6 is 0 Å². The fraction of sp³-hybridized carbons (Fsp3) is 0. The van der Waals surface area contributed by atoms with E-state index in [1.807, 2.05) is 12.1 Å². The lowest BCUT2D eigenvalue weighted by molar-refractivity contribution is 1.18. The number of hydrogen-bond donors (Lipinski definition) is 0. The van der Waals surface area contributed by atoms with Gasteiger partial charge in [0.05, 0.1) is 40.3 Å². The minimum absolute atomic E-state index is 0.667. The molecule has 0 aliphatic heterocycles. The maximum absolute atomic E-state index is 10.3. The third-order valence-electron chi connectivity index (χ3n) is 15.1. The molecule has 15 rings (SSSR count). The van der Waals surface area contributed by atoms with Gasteiger partial charge in [0.2, 0.25) is 0 Å². The van der Waals surface area contributed by atoms with Crippen molar-refractivity contribution in [2.45, 2.75) is 0 Å². The average molecular weight is 885 g/mol. The van der Waals surface area contributed by atoms with Crippen LogP contribution in [0.25, 0.3) is 147 Å². The number of para-hydroxylation sites is 2. The standard InChI is InChI=1S/C66H36N4/c1-68-56-33-37-60-66-55(56)30-29-54-53(32-36-59(65(54)66)70(60)41-16-6-3-7-17-41)62-49-22-12-10-20-47(49)61(48-21-11-13-23-50(48)62)51-28-26-45(43-18-8-9-19-44(43)51)46-31-35-58-64-52(46)27-25-42-39(38-67)24-34-57(63(42)64)69(58)40-14-4-2-5-15-40/h2-37H. The van der Waals surface area contributed by atoms with Gasteiger partial charge in [-0.1, -0.05) is 164 Å². The van der Waals surface area contributed by atoms with Gasteiger partial charge in [-0.2, -0.15) is 5.26 Å². The van der Waals surface area contributed by atoms with Crippen molar-refractivity contribution in [3.8, 4) is 50.8 Å². The van der Waals surface area contributed by atoms with E-state index in [4.69, 9.17) is 6.57 Å². The van der Waals surface area contributed by atoms with Crippen LogP contribution < -0.4 is 0 Å². The van der Waals surface area contributed by atoms with Crippen molar-refractivity contribution in [3.63, 3.8) is 0 Å². The molecule has 320 valence electrons. The van der Waals surface area contributed by atoms with Crippen molar-refractivity contribution in [1.82, 2.24) is 9.13 Å². The second-order valence-corrected chi connectivity index (χ2v) is 18.4. The molecule has 4 heteroatoms. The van der Waals surface area contributed by atoms with Crippen molar-refractivity contribution in [3.05, 3.63) is 235 Å². The van der Waals surface area contributed by atoms with E-state index in [1.165, 1.54) is 76.3 Å². The van der Waals surface area contributed by atoms with E-state index in [-0.39, 0.29) is 0 Å². The summed E-state index contributed by atoms with van der Waals surface area (Å²) >= 11 is 0. The first-order valence-corrected chi connectivity index (χ1v) is 23.7. The van der Waals surface area contributed by atoms with Crippen LogP contribution in [0.5, 0.6) is 0 Å². The molecule has 15 aromatic rings. The normalized spacial score (nSPS) is 12.0. The van der Waals surface area contributed by atoms with E-state index in [0.717, 1.165) is 65.9 Å². The molecule has 0 saturated carbocycles. The lowest BCUT2D eigenvalue weighted by atomic mass is 9.82. The molecule has 0 unspecified atom stereocenters. The zero-order chi connectivity index (χ0) is 46.2. The van der Waals surface area contributed by atoms with E-state index in [1.54, 1.807) is 0 Å². The number of benzene rings is 13.